The van der Waals surface area contributed by atoms with Crippen molar-refractivity contribution >= 4 is 54.7 Å². The molecule has 0 N–H and O–H groups in total. The molecule has 0 radical (unpaired) electrons. The van der Waals surface area contributed by atoms with E-state index in [4.69, 9.17) is 31.2 Å². The van der Waals surface area contributed by atoms with Crippen LogP contribution in [0.15, 0.2) is 35.3 Å². The van der Waals surface area contributed by atoms with Gasteiger partial charge in [-0.25, -0.2) is 0 Å². The van der Waals surface area contributed by atoms with Gasteiger partial charge in [0.05, 0.1) is 0 Å². The molecule has 1 saturated heterocycles. The summed E-state index contributed by atoms with van der Waals surface area (Å²) in [6.07, 6.45) is -3.51. The minimum atomic E-state index is -0.970. The van der Waals surface area contributed by atoms with E-state index in [1.54, 1.807) is 0 Å². The number of benzene rings is 1. The predicted octanol–water partition coefficient (Wildman–Crippen LogP) is 1.06. The molecule has 8 nitrogen and oxygen atoms in total. The fraction of sp³-hybridized carbons (Fsp3) is 0.474. The quantitative estimate of drug-likeness (QED) is 0.186. The standard InChI is InChI=1S/C19H21NO7SSe/c1-11(21)24-9-15-16(25-12(2)22)17(26-13(3)23)18(19(27-15)20-10-28)29-14-7-5-4-6-8-14/h4-8,15-19H,9H2,1-3H3/t15-,16-,17+,18-,19-/m1/s1. The van der Waals surface area contributed by atoms with Crippen LogP contribution >= 0.6 is 12.2 Å². The van der Waals surface area contributed by atoms with Crippen molar-refractivity contribution in [1.82, 2.24) is 0 Å². The Hall–Kier alpha value is -2.09. The molecule has 1 aromatic rings. The molecule has 10 heteroatoms. The Bertz CT molecular complexity index is 784. The van der Waals surface area contributed by atoms with Crippen LogP contribution < -0.4 is 4.46 Å². The monoisotopic (exact) mass is 487 g/mol. The van der Waals surface area contributed by atoms with Gasteiger partial charge in [-0.1, -0.05) is 0 Å². The number of rotatable bonds is 7. The maximum absolute atomic E-state index is 11.8. The van der Waals surface area contributed by atoms with E-state index in [2.05, 4.69) is 10.2 Å². The number of carbonyl (C=O) groups is 3. The van der Waals surface area contributed by atoms with E-state index in [-0.39, 0.29) is 21.6 Å². The van der Waals surface area contributed by atoms with E-state index in [0.29, 0.717) is 0 Å². The summed E-state index contributed by atoms with van der Waals surface area (Å²) in [5.74, 6) is -1.64. The second-order valence-electron chi connectivity index (χ2n) is 6.13. The summed E-state index contributed by atoms with van der Waals surface area (Å²) < 4.78 is 23.0. The maximum atomic E-state index is 11.8. The summed E-state index contributed by atoms with van der Waals surface area (Å²) >= 11 is 4.48. The van der Waals surface area contributed by atoms with Crippen molar-refractivity contribution in [1.29, 1.82) is 0 Å². The molecule has 1 aliphatic rings. The average Bonchev–Trinajstić information content (AvgIpc) is 2.65. The zero-order valence-electron chi connectivity index (χ0n) is 16.1. The van der Waals surface area contributed by atoms with Crippen molar-refractivity contribution in [3.8, 4) is 0 Å². The van der Waals surface area contributed by atoms with Crippen molar-refractivity contribution in [3.63, 3.8) is 0 Å². The van der Waals surface area contributed by atoms with Crippen LogP contribution in [-0.4, -0.2) is 69.2 Å². The molecule has 0 unspecified atom stereocenters. The number of carbonyl (C=O) groups excluding carboxylic acids is 3. The van der Waals surface area contributed by atoms with Crippen molar-refractivity contribution in [2.45, 2.75) is 50.1 Å². The molecule has 0 spiro atoms. The predicted molar refractivity (Wildman–Crippen MR) is 107 cm³/mol. The third kappa shape index (κ3) is 7.03. The first kappa shape index (κ1) is 23.2. The molecule has 1 fully saturated rings. The minimum absolute atomic E-state index is 0.195. The normalized spacial score (nSPS) is 26.0. The molecule has 5 atom stereocenters. The molecular weight excluding hydrogens is 465 g/mol. The first-order valence-electron chi connectivity index (χ1n) is 8.73. The Morgan fingerprint density at radius 3 is 2.24 bits per heavy atom. The summed E-state index contributed by atoms with van der Waals surface area (Å²) in [5.41, 5.74) is 0. The second-order valence-corrected chi connectivity index (χ2v) is 8.94. The van der Waals surface area contributed by atoms with Crippen LogP contribution in [-0.2, 0) is 33.3 Å². The average molecular weight is 486 g/mol. The summed E-state index contributed by atoms with van der Waals surface area (Å²) in [4.78, 5) is 38.5. The van der Waals surface area contributed by atoms with Gasteiger partial charge in [0.25, 0.3) is 0 Å². The first-order chi connectivity index (χ1) is 13.8. The number of isothiocyanates is 1. The topological polar surface area (TPSA) is 100 Å². The third-order valence-corrected chi connectivity index (χ3v) is 6.73. The molecule has 0 amide bonds. The van der Waals surface area contributed by atoms with Gasteiger partial charge >= 0.3 is 180 Å². The van der Waals surface area contributed by atoms with Crippen molar-refractivity contribution in [2.75, 3.05) is 6.61 Å². The van der Waals surface area contributed by atoms with Crippen LogP contribution in [0.5, 0.6) is 0 Å². The van der Waals surface area contributed by atoms with Gasteiger partial charge in [-0.3, -0.25) is 0 Å². The van der Waals surface area contributed by atoms with Gasteiger partial charge in [-0.05, 0) is 0 Å². The molecule has 0 aromatic heterocycles. The van der Waals surface area contributed by atoms with Gasteiger partial charge in [-0.2, -0.15) is 0 Å². The van der Waals surface area contributed by atoms with E-state index >= 15 is 0 Å². The van der Waals surface area contributed by atoms with Crippen molar-refractivity contribution in [2.24, 2.45) is 4.99 Å². The summed E-state index contributed by atoms with van der Waals surface area (Å²) in [7, 11) is 0. The van der Waals surface area contributed by atoms with E-state index < -0.39 is 47.3 Å². The number of ether oxygens (including phenoxy) is 4. The number of esters is 3. The number of hydrogen-bond donors (Lipinski definition) is 0. The summed E-state index contributed by atoms with van der Waals surface area (Å²) in [6, 6.07) is 9.56. The van der Waals surface area contributed by atoms with Crippen molar-refractivity contribution < 1.29 is 33.3 Å². The summed E-state index contributed by atoms with van der Waals surface area (Å²) in [5, 5.41) is 2.31. The molecule has 0 saturated carbocycles. The van der Waals surface area contributed by atoms with Gasteiger partial charge in [0, 0.05) is 0 Å². The van der Waals surface area contributed by atoms with Crippen LogP contribution in [0, 0.1) is 0 Å². The first-order valence-corrected chi connectivity index (χ1v) is 11.0. The molecule has 156 valence electrons. The number of hydrogen-bond acceptors (Lipinski definition) is 9. The molecule has 1 aliphatic heterocycles. The van der Waals surface area contributed by atoms with Crippen molar-refractivity contribution in [3.05, 3.63) is 30.3 Å². The van der Waals surface area contributed by atoms with E-state index in [1.165, 1.54) is 20.8 Å². The van der Waals surface area contributed by atoms with Gasteiger partial charge in [-0.15, -0.1) is 0 Å². The SMILES string of the molecule is CC(=O)OC[C@H]1O[C@@H](N=C=S)[C@H]([Se]c2ccccc2)[C@@H](OC(C)=O)[C@@H]1OC(C)=O. The van der Waals surface area contributed by atoms with E-state index in [0.717, 1.165) is 4.46 Å². The van der Waals surface area contributed by atoms with Gasteiger partial charge in [0.15, 0.2) is 0 Å². The molecular formula is C19H21NO7SSe. The zero-order chi connectivity index (χ0) is 21.4. The molecule has 1 aromatic carbocycles. The molecule has 29 heavy (non-hydrogen) atoms. The van der Waals surface area contributed by atoms with E-state index in [9.17, 15) is 14.4 Å². The van der Waals surface area contributed by atoms with Crippen LogP contribution in [0.4, 0.5) is 0 Å². The molecule has 0 bridgehead atoms. The Labute approximate surface area is 180 Å². The van der Waals surface area contributed by atoms with Crippen LogP contribution in [0.2, 0.25) is 4.82 Å². The Balaban J connectivity index is 2.43. The molecule has 1 heterocycles. The fourth-order valence-corrected chi connectivity index (χ4v) is 5.48. The van der Waals surface area contributed by atoms with E-state index in [1.807, 2.05) is 30.3 Å². The number of nitrogens with zero attached hydrogens (tertiary/aromatic N) is 1. The summed E-state index contributed by atoms with van der Waals surface area (Å²) in [6.45, 7) is 3.57. The Kier molecular flexibility index (Phi) is 8.95. The van der Waals surface area contributed by atoms with Gasteiger partial charge in [0.1, 0.15) is 0 Å². The molecule has 2 rings (SSSR count). The fourth-order valence-electron chi connectivity index (χ4n) is 2.83. The van der Waals surface area contributed by atoms with Crippen LogP contribution in [0.25, 0.3) is 0 Å². The number of thiocarbonyl (C=S) groups is 1. The molecule has 0 aliphatic carbocycles. The second kappa shape index (κ2) is 11.2. The van der Waals surface area contributed by atoms with Crippen LogP contribution in [0.3, 0.4) is 0 Å². The Morgan fingerprint density at radius 1 is 1.07 bits per heavy atom. The van der Waals surface area contributed by atoms with Crippen LogP contribution in [0.1, 0.15) is 20.8 Å². The van der Waals surface area contributed by atoms with Gasteiger partial charge < -0.3 is 0 Å². The van der Waals surface area contributed by atoms with Gasteiger partial charge in [0.2, 0.25) is 0 Å². The third-order valence-electron chi connectivity index (χ3n) is 3.86. The Morgan fingerprint density at radius 2 is 1.69 bits per heavy atom. The number of aliphatic imine (C=N–C) groups is 1. The zero-order valence-corrected chi connectivity index (χ0v) is 18.6.